The zero-order chi connectivity index (χ0) is 17.7. The first-order valence-corrected chi connectivity index (χ1v) is 9.13. The van der Waals surface area contributed by atoms with E-state index < -0.39 is 0 Å². The van der Waals surface area contributed by atoms with E-state index in [0.717, 1.165) is 59.6 Å². The fourth-order valence-corrected chi connectivity index (χ4v) is 3.97. The van der Waals surface area contributed by atoms with Crippen LogP contribution in [0, 0.1) is 13.8 Å². The van der Waals surface area contributed by atoms with Crippen LogP contribution in [0.3, 0.4) is 0 Å². The first-order valence-electron chi connectivity index (χ1n) is 9.13. The Morgan fingerprint density at radius 1 is 1.04 bits per heavy atom. The normalized spacial score (nSPS) is 15.9. The molecule has 0 amide bonds. The van der Waals surface area contributed by atoms with Crippen LogP contribution in [-0.2, 0) is 4.74 Å². The maximum absolute atomic E-state index is 5.97. The molecule has 4 aromatic rings. The number of oxazole rings is 1. The van der Waals surface area contributed by atoms with Gasteiger partial charge in [-0.25, -0.2) is 9.97 Å². The standard InChI is InChI=1S/C21H21N3O2/c1-13-4-3-5-19-20(13)23-21(26-19)15-6-7-18-17(12-15)22-14(2)24(18)16-8-10-25-11-9-16/h3-7,12,16H,8-11H2,1-2H3. The Hall–Kier alpha value is -2.66. The summed E-state index contributed by atoms with van der Waals surface area (Å²) in [6.45, 7) is 5.78. The van der Waals surface area contributed by atoms with Crippen molar-refractivity contribution in [3.8, 4) is 11.5 Å². The largest absolute Gasteiger partial charge is 0.436 e. The lowest BCUT2D eigenvalue weighted by Gasteiger charge is -2.25. The first kappa shape index (κ1) is 15.6. The minimum Gasteiger partial charge on any atom is -0.436 e. The number of imidazole rings is 1. The van der Waals surface area contributed by atoms with Crippen LogP contribution in [0.15, 0.2) is 40.8 Å². The fraction of sp³-hybridized carbons (Fsp3) is 0.333. The summed E-state index contributed by atoms with van der Waals surface area (Å²) in [6.07, 6.45) is 2.08. The van der Waals surface area contributed by atoms with Crippen LogP contribution < -0.4 is 0 Å². The molecule has 0 atom stereocenters. The lowest BCUT2D eigenvalue weighted by Crippen LogP contribution is -2.20. The van der Waals surface area contributed by atoms with Gasteiger partial charge in [0.15, 0.2) is 5.58 Å². The molecule has 5 nitrogen and oxygen atoms in total. The van der Waals surface area contributed by atoms with Crippen LogP contribution in [0.4, 0.5) is 0 Å². The second-order valence-electron chi connectivity index (χ2n) is 7.02. The van der Waals surface area contributed by atoms with Crippen molar-refractivity contribution in [1.29, 1.82) is 0 Å². The smallest absolute Gasteiger partial charge is 0.227 e. The molecular formula is C21H21N3O2. The topological polar surface area (TPSA) is 53.1 Å². The number of hydrogen-bond acceptors (Lipinski definition) is 4. The molecule has 132 valence electrons. The van der Waals surface area contributed by atoms with Crippen molar-refractivity contribution in [3.63, 3.8) is 0 Å². The SMILES string of the molecule is Cc1cccc2oc(-c3ccc4c(c3)nc(C)n4C3CCOCC3)nc12. The lowest BCUT2D eigenvalue weighted by molar-refractivity contribution is 0.0701. The molecule has 5 heteroatoms. The van der Waals surface area contributed by atoms with Gasteiger partial charge in [0.25, 0.3) is 0 Å². The number of para-hydroxylation sites is 1. The molecule has 2 aromatic heterocycles. The Bertz CT molecular complexity index is 1100. The highest BCUT2D eigenvalue weighted by Gasteiger charge is 2.21. The molecule has 0 aliphatic carbocycles. The van der Waals surface area contributed by atoms with Crippen molar-refractivity contribution < 1.29 is 9.15 Å². The van der Waals surface area contributed by atoms with E-state index in [1.165, 1.54) is 5.52 Å². The average molecular weight is 347 g/mol. The van der Waals surface area contributed by atoms with Crippen molar-refractivity contribution in [2.24, 2.45) is 0 Å². The maximum Gasteiger partial charge on any atom is 0.227 e. The summed E-state index contributed by atoms with van der Waals surface area (Å²) in [4.78, 5) is 9.49. The Morgan fingerprint density at radius 3 is 2.69 bits per heavy atom. The van der Waals surface area contributed by atoms with E-state index in [0.29, 0.717) is 11.9 Å². The van der Waals surface area contributed by atoms with Crippen LogP contribution in [0.5, 0.6) is 0 Å². The van der Waals surface area contributed by atoms with Crippen LogP contribution in [0.2, 0.25) is 0 Å². The summed E-state index contributed by atoms with van der Waals surface area (Å²) in [5.74, 6) is 1.70. The maximum atomic E-state index is 5.97. The minimum atomic E-state index is 0.464. The van der Waals surface area contributed by atoms with Crippen molar-refractivity contribution in [2.75, 3.05) is 13.2 Å². The van der Waals surface area contributed by atoms with Gasteiger partial charge in [0.2, 0.25) is 5.89 Å². The minimum absolute atomic E-state index is 0.464. The van der Waals surface area contributed by atoms with Crippen LogP contribution in [-0.4, -0.2) is 27.7 Å². The fourth-order valence-electron chi connectivity index (χ4n) is 3.97. The molecule has 0 bridgehead atoms. The molecule has 0 N–H and O–H groups in total. The number of aryl methyl sites for hydroxylation is 2. The number of ether oxygens (including phenoxy) is 1. The quantitative estimate of drug-likeness (QED) is 0.522. The Kier molecular flexibility index (Phi) is 3.57. The Morgan fingerprint density at radius 2 is 1.88 bits per heavy atom. The van der Waals surface area contributed by atoms with Gasteiger partial charge in [-0.3, -0.25) is 0 Å². The van der Waals surface area contributed by atoms with Crippen molar-refractivity contribution in [3.05, 3.63) is 47.8 Å². The summed E-state index contributed by atoms with van der Waals surface area (Å²) in [5, 5.41) is 0. The number of benzene rings is 2. The zero-order valence-corrected chi connectivity index (χ0v) is 15.0. The van der Waals surface area contributed by atoms with Gasteiger partial charge in [0.05, 0.1) is 11.0 Å². The van der Waals surface area contributed by atoms with E-state index in [4.69, 9.17) is 19.1 Å². The molecule has 0 radical (unpaired) electrons. The van der Waals surface area contributed by atoms with Crippen LogP contribution >= 0.6 is 0 Å². The monoisotopic (exact) mass is 347 g/mol. The van der Waals surface area contributed by atoms with E-state index >= 15 is 0 Å². The first-order chi connectivity index (χ1) is 12.7. The molecule has 1 saturated heterocycles. The van der Waals surface area contributed by atoms with Gasteiger partial charge >= 0.3 is 0 Å². The van der Waals surface area contributed by atoms with E-state index in [1.807, 2.05) is 12.1 Å². The molecule has 2 aromatic carbocycles. The average Bonchev–Trinajstić information content (AvgIpc) is 3.23. The summed E-state index contributed by atoms with van der Waals surface area (Å²) in [6, 6.07) is 12.8. The Balaban J connectivity index is 1.60. The molecule has 1 fully saturated rings. The molecule has 0 spiro atoms. The molecule has 0 unspecified atom stereocenters. The van der Waals surface area contributed by atoms with Crippen molar-refractivity contribution >= 4 is 22.1 Å². The summed E-state index contributed by atoms with van der Waals surface area (Å²) < 4.78 is 13.8. The van der Waals surface area contributed by atoms with Gasteiger partial charge in [-0.05, 0) is 56.5 Å². The number of rotatable bonds is 2. The number of nitrogens with zero attached hydrogens (tertiary/aromatic N) is 3. The predicted octanol–water partition coefficient (Wildman–Crippen LogP) is 4.81. The third-order valence-electron chi connectivity index (χ3n) is 5.29. The third kappa shape index (κ3) is 2.42. The molecule has 26 heavy (non-hydrogen) atoms. The van der Waals surface area contributed by atoms with E-state index in [2.05, 4.69) is 42.7 Å². The zero-order valence-electron chi connectivity index (χ0n) is 15.0. The van der Waals surface area contributed by atoms with Crippen molar-refractivity contribution in [1.82, 2.24) is 14.5 Å². The van der Waals surface area contributed by atoms with E-state index in [-0.39, 0.29) is 0 Å². The van der Waals surface area contributed by atoms with Gasteiger partial charge in [-0.15, -0.1) is 0 Å². The molecule has 1 aliphatic heterocycles. The second-order valence-corrected chi connectivity index (χ2v) is 7.02. The molecule has 1 aliphatic rings. The Labute approximate surface area is 151 Å². The third-order valence-corrected chi connectivity index (χ3v) is 5.29. The number of aromatic nitrogens is 3. The van der Waals surface area contributed by atoms with Gasteiger partial charge in [0, 0.05) is 24.8 Å². The highest BCUT2D eigenvalue weighted by Crippen LogP contribution is 2.31. The van der Waals surface area contributed by atoms with Crippen LogP contribution in [0.25, 0.3) is 33.6 Å². The van der Waals surface area contributed by atoms with Gasteiger partial charge in [-0.2, -0.15) is 0 Å². The van der Waals surface area contributed by atoms with Gasteiger partial charge < -0.3 is 13.7 Å². The van der Waals surface area contributed by atoms with Gasteiger partial charge in [-0.1, -0.05) is 12.1 Å². The summed E-state index contributed by atoms with van der Waals surface area (Å²) in [5.41, 5.74) is 5.99. The van der Waals surface area contributed by atoms with Gasteiger partial charge in [0.1, 0.15) is 11.3 Å². The highest BCUT2D eigenvalue weighted by molar-refractivity contribution is 5.84. The lowest BCUT2D eigenvalue weighted by atomic mass is 10.1. The number of hydrogen-bond donors (Lipinski definition) is 0. The summed E-state index contributed by atoms with van der Waals surface area (Å²) in [7, 11) is 0. The number of fused-ring (bicyclic) bond motifs is 2. The van der Waals surface area contributed by atoms with E-state index in [1.54, 1.807) is 0 Å². The van der Waals surface area contributed by atoms with Crippen LogP contribution in [0.1, 0.15) is 30.3 Å². The molecular weight excluding hydrogens is 326 g/mol. The molecule has 3 heterocycles. The summed E-state index contributed by atoms with van der Waals surface area (Å²) >= 11 is 0. The van der Waals surface area contributed by atoms with Crippen molar-refractivity contribution in [2.45, 2.75) is 32.7 Å². The second kappa shape index (κ2) is 5.95. The molecule has 5 rings (SSSR count). The highest BCUT2D eigenvalue weighted by atomic mass is 16.5. The van der Waals surface area contributed by atoms with E-state index in [9.17, 15) is 0 Å². The predicted molar refractivity (Wildman–Crippen MR) is 101 cm³/mol. The molecule has 0 saturated carbocycles.